The molecule has 0 spiro atoms. The van der Waals surface area contributed by atoms with Crippen molar-refractivity contribution in [2.24, 2.45) is 0 Å². The van der Waals surface area contributed by atoms with E-state index in [1.54, 1.807) is 31.2 Å². The summed E-state index contributed by atoms with van der Waals surface area (Å²) in [6.45, 7) is 4.32. The van der Waals surface area contributed by atoms with E-state index >= 15 is 0 Å². The van der Waals surface area contributed by atoms with Crippen molar-refractivity contribution in [1.29, 1.82) is 0 Å². The van der Waals surface area contributed by atoms with Crippen molar-refractivity contribution in [3.8, 4) is 11.5 Å². The smallest absolute Gasteiger partial charge is 0.335 e. The second kappa shape index (κ2) is 11.7. The highest BCUT2D eigenvalue weighted by Crippen LogP contribution is 2.36. The van der Waals surface area contributed by atoms with Crippen LogP contribution in [-0.2, 0) is 16.2 Å². The van der Waals surface area contributed by atoms with E-state index < -0.39 is 17.8 Å². The van der Waals surface area contributed by atoms with Gasteiger partial charge >= 0.3 is 6.03 Å². The summed E-state index contributed by atoms with van der Waals surface area (Å²) in [6, 6.07) is 15.3. The van der Waals surface area contributed by atoms with E-state index in [0.29, 0.717) is 46.5 Å². The molecule has 4 amide bonds. The van der Waals surface area contributed by atoms with Gasteiger partial charge in [-0.2, -0.15) is 0 Å². The summed E-state index contributed by atoms with van der Waals surface area (Å²) >= 11 is 11.6. The van der Waals surface area contributed by atoms with Gasteiger partial charge in [0.1, 0.15) is 12.2 Å². The van der Waals surface area contributed by atoms with E-state index in [9.17, 15) is 14.4 Å². The standard InChI is InChI=1S/C27H21BrClIN2O5/c1-3-36-23-12-17(11-21(30)24(23)37-14-16-5-7-18(28)8-6-16)10-20-25(33)31-27(35)32(26(20)34)22-13-19(29)9-4-15(22)2/h4-13H,3,14H2,1-2H3,(H,31,33,35)/b20-10+. The number of anilines is 1. The van der Waals surface area contributed by atoms with Crippen LogP contribution in [0.25, 0.3) is 6.08 Å². The van der Waals surface area contributed by atoms with E-state index in [4.69, 9.17) is 21.1 Å². The third-order valence-corrected chi connectivity index (χ3v) is 7.02. The summed E-state index contributed by atoms with van der Waals surface area (Å²) in [6.07, 6.45) is 1.43. The highest BCUT2D eigenvalue weighted by atomic mass is 127. The average molecular weight is 696 g/mol. The van der Waals surface area contributed by atoms with Crippen LogP contribution in [0.1, 0.15) is 23.6 Å². The molecule has 190 valence electrons. The lowest BCUT2D eigenvalue weighted by molar-refractivity contribution is -0.122. The molecule has 1 fully saturated rings. The summed E-state index contributed by atoms with van der Waals surface area (Å²) in [5.41, 5.74) is 2.29. The number of carbonyl (C=O) groups is 3. The van der Waals surface area contributed by atoms with Crippen LogP contribution in [-0.4, -0.2) is 24.5 Å². The van der Waals surface area contributed by atoms with Crippen molar-refractivity contribution >= 4 is 79.7 Å². The number of benzene rings is 3. The number of ether oxygens (including phenoxy) is 2. The molecule has 0 aromatic heterocycles. The Morgan fingerprint density at radius 2 is 1.78 bits per heavy atom. The zero-order chi connectivity index (χ0) is 26.7. The maximum absolute atomic E-state index is 13.3. The van der Waals surface area contributed by atoms with Crippen LogP contribution in [0.5, 0.6) is 11.5 Å². The molecule has 0 radical (unpaired) electrons. The zero-order valence-electron chi connectivity index (χ0n) is 19.8. The molecule has 0 saturated carbocycles. The van der Waals surface area contributed by atoms with Crippen LogP contribution in [0.2, 0.25) is 5.02 Å². The molecule has 0 aliphatic carbocycles. The van der Waals surface area contributed by atoms with Crippen LogP contribution in [0.3, 0.4) is 0 Å². The Bertz CT molecular complexity index is 1430. The van der Waals surface area contributed by atoms with Gasteiger partial charge in [0.15, 0.2) is 11.5 Å². The zero-order valence-corrected chi connectivity index (χ0v) is 24.3. The van der Waals surface area contributed by atoms with E-state index in [-0.39, 0.29) is 5.57 Å². The lowest BCUT2D eigenvalue weighted by Gasteiger charge is -2.27. The lowest BCUT2D eigenvalue weighted by Crippen LogP contribution is -2.54. The van der Waals surface area contributed by atoms with Gasteiger partial charge < -0.3 is 9.47 Å². The average Bonchev–Trinajstić information content (AvgIpc) is 2.84. The van der Waals surface area contributed by atoms with Gasteiger partial charge in [-0.3, -0.25) is 14.9 Å². The van der Waals surface area contributed by atoms with Crippen molar-refractivity contribution < 1.29 is 23.9 Å². The van der Waals surface area contributed by atoms with Gasteiger partial charge in [-0.05, 0) is 95.6 Å². The molecule has 4 rings (SSSR count). The van der Waals surface area contributed by atoms with Gasteiger partial charge in [-0.1, -0.05) is 45.7 Å². The molecule has 1 heterocycles. The van der Waals surface area contributed by atoms with Crippen LogP contribution in [0, 0.1) is 10.5 Å². The van der Waals surface area contributed by atoms with Crippen molar-refractivity contribution in [3.05, 3.63) is 89.9 Å². The molecule has 37 heavy (non-hydrogen) atoms. The summed E-state index contributed by atoms with van der Waals surface area (Å²) < 4.78 is 13.6. The molecule has 0 atom stereocenters. The maximum atomic E-state index is 13.3. The molecule has 10 heteroatoms. The SMILES string of the molecule is CCOc1cc(/C=C2\C(=O)NC(=O)N(c3cc(Cl)ccc3C)C2=O)cc(I)c1OCc1ccc(Br)cc1. The Kier molecular flexibility index (Phi) is 8.56. The normalized spacial score (nSPS) is 14.7. The van der Waals surface area contributed by atoms with Gasteiger partial charge in [0.2, 0.25) is 0 Å². The van der Waals surface area contributed by atoms with Crippen molar-refractivity contribution in [2.75, 3.05) is 11.5 Å². The van der Waals surface area contributed by atoms with Gasteiger partial charge in [-0.25, -0.2) is 9.69 Å². The number of hydrogen-bond donors (Lipinski definition) is 1. The predicted molar refractivity (Wildman–Crippen MR) is 154 cm³/mol. The highest BCUT2D eigenvalue weighted by molar-refractivity contribution is 14.1. The van der Waals surface area contributed by atoms with Gasteiger partial charge in [0.05, 0.1) is 15.9 Å². The fourth-order valence-electron chi connectivity index (χ4n) is 3.68. The first-order valence-corrected chi connectivity index (χ1v) is 13.4. The fraction of sp³-hybridized carbons (Fsp3) is 0.148. The van der Waals surface area contributed by atoms with Gasteiger partial charge in [0, 0.05) is 9.50 Å². The third kappa shape index (κ3) is 6.16. The van der Waals surface area contributed by atoms with Crippen LogP contribution in [0.4, 0.5) is 10.5 Å². The second-order valence-electron chi connectivity index (χ2n) is 8.07. The van der Waals surface area contributed by atoms with Crippen molar-refractivity contribution in [2.45, 2.75) is 20.5 Å². The number of urea groups is 1. The monoisotopic (exact) mass is 694 g/mol. The topological polar surface area (TPSA) is 84.9 Å². The minimum absolute atomic E-state index is 0.194. The van der Waals surface area contributed by atoms with Crippen molar-refractivity contribution in [1.82, 2.24) is 5.32 Å². The summed E-state index contributed by atoms with van der Waals surface area (Å²) in [5.74, 6) is -0.504. The number of amides is 4. The summed E-state index contributed by atoms with van der Waals surface area (Å²) in [5, 5.41) is 2.60. The molecule has 1 aliphatic heterocycles. The molecule has 1 saturated heterocycles. The number of nitrogens with zero attached hydrogens (tertiary/aromatic N) is 1. The number of rotatable bonds is 7. The van der Waals surface area contributed by atoms with E-state index in [1.807, 2.05) is 31.2 Å². The molecular formula is C27H21BrClIN2O5. The number of hydrogen-bond acceptors (Lipinski definition) is 5. The molecular weight excluding hydrogens is 675 g/mol. The number of nitrogens with one attached hydrogen (secondary N) is 1. The first-order chi connectivity index (χ1) is 17.7. The van der Waals surface area contributed by atoms with E-state index in [0.717, 1.165) is 18.5 Å². The third-order valence-electron chi connectivity index (χ3n) is 5.45. The quantitative estimate of drug-likeness (QED) is 0.170. The fourth-order valence-corrected chi connectivity index (χ4v) is 4.89. The Balaban J connectivity index is 1.67. The van der Waals surface area contributed by atoms with E-state index in [2.05, 4.69) is 43.8 Å². The number of imide groups is 2. The number of aryl methyl sites for hydroxylation is 1. The van der Waals surface area contributed by atoms with Crippen LogP contribution in [0.15, 0.2) is 64.6 Å². The maximum Gasteiger partial charge on any atom is 0.335 e. The predicted octanol–water partition coefficient (Wildman–Crippen LogP) is 6.66. The second-order valence-corrected chi connectivity index (χ2v) is 10.6. The Labute approximate surface area is 241 Å². The molecule has 0 unspecified atom stereocenters. The van der Waals surface area contributed by atoms with E-state index in [1.165, 1.54) is 12.1 Å². The number of halogens is 3. The minimum atomic E-state index is -0.834. The Morgan fingerprint density at radius 3 is 2.49 bits per heavy atom. The van der Waals surface area contributed by atoms with Gasteiger partial charge in [0.25, 0.3) is 11.8 Å². The highest BCUT2D eigenvalue weighted by Gasteiger charge is 2.37. The Morgan fingerprint density at radius 1 is 1.05 bits per heavy atom. The van der Waals surface area contributed by atoms with Crippen LogP contribution >= 0.6 is 50.1 Å². The number of carbonyl (C=O) groups excluding carboxylic acids is 3. The first-order valence-electron chi connectivity index (χ1n) is 11.2. The molecule has 1 N–H and O–H groups in total. The first kappa shape index (κ1) is 27.2. The summed E-state index contributed by atoms with van der Waals surface area (Å²) in [4.78, 5) is 39.5. The number of barbiturate groups is 1. The molecule has 3 aromatic carbocycles. The molecule has 1 aliphatic rings. The van der Waals surface area contributed by atoms with Crippen molar-refractivity contribution in [3.63, 3.8) is 0 Å². The lowest BCUT2D eigenvalue weighted by atomic mass is 10.1. The van der Waals surface area contributed by atoms with Gasteiger partial charge in [-0.15, -0.1) is 0 Å². The molecule has 7 nitrogen and oxygen atoms in total. The molecule has 3 aromatic rings. The minimum Gasteiger partial charge on any atom is -0.490 e. The Hall–Kier alpha value is -2.89. The molecule has 0 bridgehead atoms. The van der Waals surface area contributed by atoms with Crippen LogP contribution < -0.4 is 19.7 Å². The summed E-state index contributed by atoms with van der Waals surface area (Å²) in [7, 11) is 0. The largest absolute Gasteiger partial charge is 0.490 e.